The van der Waals surface area contributed by atoms with Crippen molar-refractivity contribution < 1.29 is 9.47 Å². The fourth-order valence-electron chi connectivity index (χ4n) is 5.41. The molecule has 0 spiro atoms. The summed E-state index contributed by atoms with van der Waals surface area (Å²) in [6.07, 6.45) is 0.0672. The summed E-state index contributed by atoms with van der Waals surface area (Å²) in [6.45, 7) is 0. The highest BCUT2D eigenvalue weighted by atomic mass is 31.2. The highest BCUT2D eigenvalue weighted by Crippen LogP contribution is 2.58. The van der Waals surface area contributed by atoms with E-state index < -0.39 is 7.26 Å². The quantitative estimate of drug-likeness (QED) is 0.228. The lowest BCUT2D eigenvalue weighted by atomic mass is 9.99. The predicted molar refractivity (Wildman–Crippen MR) is 154 cm³/mol. The summed E-state index contributed by atoms with van der Waals surface area (Å²) < 4.78 is 13.7. The summed E-state index contributed by atoms with van der Waals surface area (Å²) in [4.78, 5) is 0. The maximum atomic E-state index is 6.84. The van der Waals surface area contributed by atoms with Crippen molar-refractivity contribution in [1.82, 2.24) is 0 Å². The Bertz CT molecular complexity index is 1250. The zero-order valence-electron chi connectivity index (χ0n) is 20.6. The molecular weight excluding hydrogens is 471 g/mol. The van der Waals surface area contributed by atoms with Gasteiger partial charge in [0.05, 0.1) is 0 Å². The monoisotopic (exact) mass is 501 g/mol. The van der Waals surface area contributed by atoms with Crippen LogP contribution >= 0.6 is 7.26 Å². The molecule has 1 fully saturated rings. The van der Waals surface area contributed by atoms with Gasteiger partial charge in [-0.3, -0.25) is 0 Å². The average Bonchev–Trinajstić information content (AvgIpc) is 3.42. The van der Waals surface area contributed by atoms with E-state index in [-0.39, 0.29) is 18.5 Å². The van der Waals surface area contributed by atoms with E-state index in [2.05, 4.69) is 140 Å². The topological polar surface area (TPSA) is 18.5 Å². The summed E-state index contributed by atoms with van der Waals surface area (Å²) in [5.74, 6) is 0. The Morgan fingerprint density at radius 1 is 0.405 bits per heavy atom. The standard InChI is InChI=1S/C34H30O2P/c1-6-16-27(17-7-1)33-34(28-18-8-2-9-19-28)36-32(35-33)26-37(29-20-10-3-11-21-29,30-22-12-4-13-23-30)31-24-14-5-15-25-31/h1-25,32-34H,26H2/q+1. The van der Waals surface area contributed by atoms with Gasteiger partial charge in [-0.1, -0.05) is 115 Å². The Balaban J connectivity index is 1.46. The van der Waals surface area contributed by atoms with E-state index in [4.69, 9.17) is 9.47 Å². The first-order valence-electron chi connectivity index (χ1n) is 12.8. The number of rotatable bonds is 7. The van der Waals surface area contributed by atoms with Crippen LogP contribution in [0.1, 0.15) is 23.3 Å². The third kappa shape index (κ3) is 4.77. The molecule has 0 saturated carbocycles. The Hall–Kier alpha value is -3.55. The molecule has 5 aromatic rings. The van der Waals surface area contributed by atoms with Gasteiger partial charge in [0.25, 0.3) is 0 Å². The van der Waals surface area contributed by atoms with Crippen LogP contribution in [0.15, 0.2) is 152 Å². The lowest BCUT2D eigenvalue weighted by molar-refractivity contribution is -0.0486. The van der Waals surface area contributed by atoms with E-state index in [1.165, 1.54) is 15.9 Å². The molecule has 0 radical (unpaired) electrons. The third-order valence-electron chi connectivity index (χ3n) is 7.14. The molecule has 5 aromatic carbocycles. The smallest absolute Gasteiger partial charge is 0.194 e. The van der Waals surface area contributed by atoms with Crippen LogP contribution in [0.3, 0.4) is 0 Å². The molecule has 1 aliphatic rings. The van der Waals surface area contributed by atoms with Crippen molar-refractivity contribution >= 4 is 23.2 Å². The lowest BCUT2D eigenvalue weighted by Gasteiger charge is -2.29. The molecular formula is C34H30O2P+. The summed E-state index contributed by atoms with van der Waals surface area (Å²) in [5, 5.41) is 4.00. The predicted octanol–water partition coefficient (Wildman–Crippen LogP) is 6.84. The van der Waals surface area contributed by atoms with Gasteiger partial charge >= 0.3 is 0 Å². The molecule has 0 amide bonds. The number of hydrogen-bond acceptors (Lipinski definition) is 2. The largest absolute Gasteiger partial charge is 0.338 e. The molecule has 6 rings (SSSR count). The van der Waals surface area contributed by atoms with E-state index in [1.807, 2.05) is 12.1 Å². The molecule has 0 N–H and O–H groups in total. The van der Waals surface area contributed by atoms with Crippen LogP contribution in [-0.2, 0) is 9.47 Å². The number of ether oxygens (including phenoxy) is 2. The second kappa shape index (κ2) is 10.8. The molecule has 0 bridgehead atoms. The van der Waals surface area contributed by atoms with Gasteiger partial charge in [-0.15, -0.1) is 0 Å². The number of benzene rings is 5. The second-order valence-corrected chi connectivity index (χ2v) is 12.9. The van der Waals surface area contributed by atoms with Crippen LogP contribution in [0, 0.1) is 0 Å². The van der Waals surface area contributed by atoms with Crippen molar-refractivity contribution in [3.05, 3.63) is 163 Å². The normalized spacial score (nSPS) is 19.5. The fraction of sp³-hybridized carbons (Fsp3) is 0.118. The first-order chi connectivity index (χ1) is 18.3. The molecule has 1 saturated heterocycles. The summed E-state index contributed by atoms with van der Waals surface area (Å²) >= 11 is 0. The molecule has 2 nitrogen and oxygen atoms in total. The fourth-order valence-corrected chi connectivity index (χ4v) is 9.60. The van der Waals surface area contributed by atoms with Crippen molar-refractivity contribution in [3.8, 4) is 0 Å². The van der Waals surface area contributed by atoms with Crippen molar-refractivity contribution in [1.29, 1.82) is 0 Å². The Kier molecular flexibility index (Phi) is 6.97. The zero-order valence-corrected chi connectivity index (χ0v) is 21.5. The van der Waals surface area contributed by atoms with Gasteiger partial charge in [-0.25, -0.2) is 0 Å². The van der Waals surface area contributed by atoms with Crippen LogP contribution in [0.4, 0.5) is 0 Å². The molecule has 0 aliphatic carbocycles. The molecule has 2 atom stereocenters. The van der Waals surface area contributed by atoms with Gasteiger partial charge in [-0.2, -0.15) is 0 Å². The first kappa shape index (κ1) is 23.8. The van der Waals surface area contributed by atoms with Gasteiger partial charge in [0.2, 0.25) is 0 Å². The van der Waals surface area contributed by atoms with Gasteiger partial charge < -0.3 is 9.47 Å². The van der Waals surface area contributed by atoms with Crippen molar-refractivity contribution in [3.63, 3.8) is 0 Å². The van der Waals surface area contributed by atoms with E-state index >= 15 is 0 Å². The minimum Gasteiger partial charge on any atom is -0.338 e. The van der Waals surface area contributed by atoms with E-state index in [9.17, 15) is 0 Å². The minimum absolute atomic E-state index is 0.169. The van der Waals surface area contributed by atoms with E-state index in [0.29, 0.717) is 0 Å². The molecule has 0 aromatic heterocycles. The minimum atomic E-state index is -2.09. The Morgan fingerprint density at radius 3 is 1.03 bits per heavy atom. The van der Waals surface area contributed by atoms with E-state index in [1.54, 1.807) is 0 Å². The van der Waals surface area contributed by atoms with Gasteiger partial charge in [-0.05, 0) is 47.5 Å². The van der Waals surface area contributed by atoms with Gasteiger partial charge in [0.1, 0.15) is 41.5 Å². The third-order valence-corrected chi connectivity index (χ3v) is 11.5. The highest BCUT2D eigenvalue weighted by molar-refractivity contribution is 7.95. The van der Waals surface area contributed by atoms with Crippen LogP contribution in [0.2, 0.25) is 0 Å². The average molecular weight is 502 g/mol. The van der Waals surface area contributed by atoms with Gasteiger partial charge in [0.15, 0.2) is 6.29 Å². The van der Waals surface area contributed by atoms with E-state index in [0.717, 1.165) is 17.3 Å². The molecule has 37 heavy (non-hydrogen) atoms. The number of hydrogen-bond donors (Lipinski definition) is 0. The molecule has 3 heteroatoms. The molecule has 182 valence electrons. The van der Waals surface area contributed by atoms with Gasteiger partial charge in [0, 0.05) is 0 Å². The molecule has 2 unspecified atom stereocenters. The van der Waals surface area contributed by atoms with Crippen molar-refractivity contribution in [2.45, 2.75) is 18.5 Å². The van der Waals surface area contributed by atoms with Crippen molar-refractivity contribution in [2.24, 2.45) is 0 Å². The molecule has 1 heterocycles. The van der Waals surface area contributed by atoms with Crippen LogP contribution in [0.5, 0.6) is 0 Å². The van der Waals surface area contributed by atoms with Crippen molar-refractivity contribution in [2.75, 3.05) is 6.16 Å². The molecule has 1 aliphatic heterocycles. The van der Waals surface area contributed by atoms with Crippen LogP contribution in [0.25, 0.3) is 0 Å². The lowest BCUT2D eigenvalue weighted by Crippen LogP contribution is -2.37. The summed E-state index contributed by atoms with van der Waals surface area (Å²) in [5.41, 5.74) is 2.28. The highest BCUT2D eigenvalue weighted by Gasteiger charge is 2.51. The van der Waals surface area contributed by atoms with Crippen LogP contribution < -0.4 is 15.9 Å². The van der Waals surface area contributed by atoms with Crippen LogP contribution in [-0.4, -0.2) is 12.5 Å². The summed E-state index contributed by atoms with van der Waals surface area (Å²) in [6, 6.07) is 53.7. The maximum Gasteiger partial charge on any atom is 0.194 e. The zero-order chi connectivity index (χ0) is 24.9. The Morgan fingerprint density at radius 2 is 0.703 bits per heavy atom. The Labute approximate surface area is 219 Å². The SMILES string of the molecule is c1ccc(C2OC(C[P+](c3ccccc3)(c3ccccc3)c3ccccc3)OC2c2ccccc2)cc1. The summed E-state index contributed by atoms with van der Waals surface area (Å²) in [7, 11) is -2.09. The maximum absolute atomic E-state index is 6.84. The second-order valence-electron chi connectivity index (χ2n) is 9.36. The first-order valence-corrected chi connectivity index (χ1v) is 14.8.